The number of H-pyrrole nitrogens is 2. The van der Waals surface area contributed by atoms with Crippen LogP contribution in [-0.2, 0) is 116 Å². The number of rotatable bonds is 48. The van der Waals surface area contributed by atoms with Crippen LogP contribution in [0.3, 0.4) is 0 Å². The highest BCUT2D eigenvalue weighted by Gasteiger charge is 2.52. The number of pyridine rings is 2. The molecule has 0 saturated carbocycles. The van der Waals surface area contributed by atoms with E-state index in [0.29, 0.717) is 71.9 Å². The quantitative estimate of drug-likeness (QED) is 0.00854. The SMILES string of the molecule is CCN(CC)c1ccc2cc(/C=C/c3ccc(S(=O)(=O)[O-])c[n+]3CCCCCC(=O)NCCNC(=O)O[C@@H]3[C@H](O)[C@@H](COP(=O)(O)OP(=O)(O)OP(=O)(O)O)O[C@H]3n3cnc4c(=O)[nH]c(N)nc43)c(=O)oc2c1.CCN(CC)c1ccc2cc(/C=C/c3ccc(S(=O)(=O)[O-])c[n+]3CCCCCC(=O)NCCNC(=O)O[C@H]3[C@@H](O)[C@H](n4cnc5c(=O)[nH]c(N)nc54)O[C@@H]3COP(=O)(O)OP(=O)(O)OP(=O)(O)O)c(=O)oc2c1. The van der Waals surface area contributed by atoms with Crippen LogP contribution in [0.1, 0.15) is 114 Å². The van der Waals surface area contributed by atoms with Crippen molar-refractivity contribution < 1.29 is 185 Å². The third-order valence-corrected chi connectivity index (χ3v) is 30.7. The second-order valence-electron chi connectivity index (χ2n) is 31.7. The second kappa shape index (κ2) is 49.1. The van der Waals surface area contributed by atoms with Crippen LogP contribution >= 0.6 is 46.9 Å². The number of nitrogens with one attached hydrogen (secondary N) is 6. The van der Waals surface area contributed by atoms with E-state index in [4.69, 9.17) is 58.8 Å². The lowest BCUT2D eigenvalue weighted by Crippen LogP contribution is -2.42. The molecule has 0 radical (unpaired) electrons. The van der Waals surface area contributed by atoms with Crippen LogP contribution in [-0.4, -0.2) is 241 Å². The first kappa shape index (κ1) is 115. The number of anilines is 4. The normalized spacial score (nSPS) is 19.0. The Morgan fingerprint density at radius 2 is 0.890 bits per heavy atom. The molecule has 8 aromatic heterocycles. The van der Waals surface area contributed by atoms with Crippen molar-refractivity contribution in [1.82, 2.24) is 60.3 Å². The van der Waals surface area contributed by atoms with E-state index in [2.05, 4.69) is 87.3 Å². The third-order valence-electron chi connectivity index (χ3n) is 21.5. The van der Waals surface area contributed by atoms with Crippen LogP contribution < -0.4 is 74.0 Å². The molecule has 2 aromatic carbocycles. The summed E-state index contributed by atoms with van der Waals surface area (Å²) in [5.41, 5.74) is 11.6. The highest BCUT2D eigenvalue weighted by atomic mass is 32.2. The lowest BCUT2D eigenvalue weighted by molar-refractivity contribution is -0.701. The smallest absolute Gasteiger partial charge is 0.490 e. The Hall–Kier alpha value is -11.5. The van der Waals surface area contributed by atoms with E-state index in [9.17, 15) is 121 Å². The van der Waals surface area contributed by atoms with Crippen molar-refractivity contribution >= 4 is 183 Å². The van der Waals surface area contributed by atoms with Crippen molar-refractivity contribution in [2.24, 2.45) is 0 Å². The summed E-state index contributed by atoms with van der Waals surface area (Å²) < 4.78 is 204. The van der Waals surface area contributed by atoms with E-state index in [-0.39, 0.29) is 97.5 Å². The number of nitrogens with two attached hydrogens (primary N) is 2. The van der Waals surface area contributed by atoms with Crippen LogP contribution in [0.2, 0.25) is 0 Å². The maximum atomic E-state index is 13.0. The molecule has 68 heteroatoms. The molecule has 60 nitrogen and oxygen atoms in total. The minimum absolute atomic E-state index is 0.0323. The number of hydrogen-bond acceptors (Lipinski definition) is 42. The number of ether oxygens (including phenoxy) is 4. The van der Waals surface area contributed by atoms with Gasteiger partial charge >= 0.3 is 70.4 Å². The minimum atomic E-state index is -5.93. The second-order valence-corrected chi connectivity index (χ2v) is 43.3. The molecule has 2 saturated heterocycles. The fourth-order valence-corrected chi connectivity index (χ4v) is 21.8. The van der Waals surface area contributed by atoms with Crippen molar-refractivity contribution in [3.8, 4) is 0 Å². The summed E-state index contributed by atoms with van der Waals surface area (Å²) in [5, 5.41) is 33.6. The van der Waals surface area contributed by atoms with Gasteiger partial charge in [-0.3, -0.25) is 47.3 Å². The molecule has 2 aliphatic heterocycles. The Morgan fingerprint density at radius 1 is 0.500 bits per heavy atom. The summed E-state index contributed by atoms with van der Waals surface area (Å²) in [7, 11) is -44.3. The number of nitrogen functional groups attached to an aromatic ring is 2. The molecule has 12 atom stereocenters. The number of hydrogen-bond donors (Lipinski definition) is 18. The Bertz CT molecular complexity index is 7360. The first-order valence-electron chi connectivity index (χ1n) is 43.6. The maximum absolute atomic E-state index is 13.0. The van der Waals surface area contributed by atoms with Crippen LogP contribution in [0.25, 0.3) is 68.6 Å². The van der Waals surface area contributed by atoms with Crippen molar-refractivity contribution in [1.29, 1.82) is 0 Å². The van der Waals surface area contributed by atoms with Gasteiger partial charge in [0.1, 0.15) is 78.7 Å². The zero-order chi connectivity index (χ0) is 107. The molecule has 2 aliphatic rings. The first-order chi connectivity index (χ1) is 68.5. The first-order valence-corrected chi connectivity index (χ1v) is 55.5. The lowest BCUT2D eigenvalue weighted by atomic mass is 10.1. The fourth-order valence-electron chi connectivity index (χ4n) is 14.8. The zero-order valence-corrected chi connectivity index (χ0v) is 84.0. The van der Waals surface area contributed by atoms with Gasteiger partial charge in [0.15, 0.2) is 59.4 Å². The summed E-state index contributed by atoms with van der Waals surface area (Å²) in [4.78, 5) is 199. The number of aromatic amines is 2. The number of unbranched alkanes of at least 4 members (excludes halogenated alkanes) is 4. The number of carbonyl (C=O) groups is 4. The Balaban J connectivity index is 0.000000278. The number of alkyl carbamates (subject to hydrolysis) is 2. The van der Waals surface area contributed by atoms with E-state index < -0.39 is 186 Å². The Kier molecular flexibility index (Phi) is 38.6. The number of fused-ring (bicyclic) bond motifs is 4. The van der Waals surface area contributed by atoms with E-state index in [1.165, 1.54) is 41.2 Å². The van der Waals surface area contributed by atoms with Gasteiger partial charge in [-0.1, -0.05) is 0 Å². The molecule has 20 N–H and O–H groups in total. The summed E-state index contributed by atoms with van der Waals surface area (Å²) in [6, 6.07) is 19.7. The average Bonchev–Trinajstić information content (AvgIpc) is 1.61. The van der Waals surface area contributed by atoms with Crippen molar-refractivity contribution in [2.75, 3.05) is 86.8 Å². The zero-order valence-electron chi connectivity index (χ0n) is 77.0. The van der Waals surface area contributed by atoms with Gasteiger partial charge < -0.3 is 129 Å². The molecule has 10 heterocycles. The highest BCUT2D eigenvalue weighted by molar-refractivity contribution is 7.86. The number of benzene rings is 2. The number of aryl methyl sites for hydroxylation is 2. The van der Waals surface area contributed by atoms with Crippen LogP contribution in [0, 0.1) is 0 Å². The topological polar surface area (TPSA) is 882 Å². The van der Waals surface area contributed by atoms with Crippen molar-refractivity contribution in [3.63, 3.8) is 0 Å². The predicted molar refractivity (Wildman–Crippen MR) is 503 cm³/mol. The standard InChI is InChI=1S/2C39H50N9O21P3S/c1-3-46(4-2)26-12-9-23-18-24(37(52)66-28(23)19-26)10-11-25-13-14-27(73(61,62)63)20-47(25)17-7-5-6-8-30(49)41-15-16-42-39(53)67-33-29(21-64-71(57,58)69-72(59,60)68-70(54,55)56)65-36(32(33)50)48-22-43-31-34(48)44-38(40)45-35(31)51;1-3-46(4-2)26-12-9-23-18-24(37(52)66-28(23)19-26)10-11-25-13-14-27(73(61,62)63)20-47(25)17-7-5-6-8-30(49)41-15-16-42-39(53)67-33-32(50)29(21-64-71(57,58)69-72(59,60)68-70(54,55)56)65-36(33)48-22-43-31-34(48)44-38(40)45-35(31)51/h2*9-14,18-20,22,29,32-33,36,50H,3-8,15-17,21H2,1-2H3,(H9-,40,41,42,44,45,49,51,53,54,55,56,57,58,59,60,61,62,63)/t2*29-,32-,33-,36-/m11/s1. The minimum Gasteiger partial charge on any atom is -0.744 e. The molecule has 2 fully saturated rings. The monoisotopic (exact) mass is 2210 g/mol. The number of imidazole rings is 2. The van der Waals surface area contributed by atoms with Crippen LogP contribution in [0.5, 0.6) is 0 Å². The van der Waals surface area contributed by atoms with Gasteiger partial charge in [0.05, 0.1) is 37.0 Å². The summed E-state index contributed by atoms with van der Waals surface area (Å²) in [6.07, 6.45) is -3.31. The van der Waals surface area contributed by atoms with E-state index in [0.717, 1.165) is 71.5 Å². The molecule has 4 amide bonds. The molecule has 10 aromatic rings. The summed E-state index contributed by atoms with van der Waals surface area (Å²) in [5.74, 6) is -1.57. The largest absolute Gasteiger partial charge is 0.744 e. The van der Waals surface area contributed by atoms with Crippen molar-refractivity contribution in [3.05, 3.63) is 162 Å². The van der Waals surface area contributed by atoms with Gasteiger partial charge in [0, 0.05) is 137 Å². The molecular weight excluding hydrogens is 2110 g/mol. The van der Waals surface area contributed by atoms with Gasteiger partial charge in [-0.2, -0.15) is 36.3 Å². The Morgan fingerprint density at radius 3 is 1.29 bits per heavy atom. The van der Waals surface area contributed by atoms with Gasteiger partial charge in [-0.15, -0.1) is 0 Å². The number of aliphatic hydroxyl groups is 2. The molecule has 146 heavy (non-hydrogen) atoms. The number of aromatic nitrogens is 10. The van der Waals surface area contributed by atoms with E-state index >= 15 is 0 Å². The Labute approximate surface area is 824 Å². The maximum Gasteiger partial charge on any atom is 0.490 e. The fraction of sp³-hybridized carbons (Fsp3) is 0.410. The number of phosphoric ester groups is 2. The lowest BCUT2D eigenvalue weighted by Gasteiger charge is -2.22. The molecule has 12 rings (SSSR count). The number of phosphoric acid groups is 6. The van der Waals surface area contributed by atoms with E-state index in [1.807, 2.05) is 52.0 Å². The van der Waals surface area contributed by atoms with Crippen LogP contribution in [0.15, 0.2) is 136 Å². The molecular formula is C78H100N18O42P6S2. The van der Waals surface area contributed by atoms with Crippen LogP contribution in [0.4, 0.5) is 32.9 Å². The molecule has 0 bridgehead atoms. The predicted octanol–water partition coefficient (Wildman–Crippen LogP) is 2.18. The summed E-state index contributed by atoms with van der Waals surface area (Å²) in [6.45, 7) is 8.53. The van der Waals surface area contributed by atoms with Crippen molar-refractivity contribution in [2.45, 2.75) is 151 Å². The number of nitrogens with zero attached hydrogens (tertiary/aromatic N) is 10. The van der Waals surface area contributed by atoms with Gasteiger partial charge in [0.2, 0.25) is 35.1 Å². The molecule has 796 valence electrons. The number of aliphatic hydroxyl groups excluding tert-OH is 2. The van der Waals surface area contributed by atoms with Gasteiger partial charge in [-0.05, 0) is 114 Å². The molecule has 0 aliphatic carbocycles. The molecule has 0 spiro atoms. The highest BCUT2D eigenvalue weighted by Crippen LogP contribution is 2.68. The van der Waals surface area contributed by atoms with E-state index in [1.54, 1.807) is 41.0 Å². The van der Waals surface area contributed by atoms with Gasteiger partial charge in [-0.25, -0.2) is 73.4 Å². The third kappa shape index (κ3) is 32.3. The number of amides is 4. The van der Waals surface area contributed by atoms with Gasteiger partial charge in [0.25, 0.3) is 11.1 Å². The molecule has 4 unspecified atom stereocenters. The number of carbonyl (C=O) groups excluding carboxylic acids is 4. The summed E-state index contributed by atoms with van der Waals surface area (Å²) >= 11 is 0. The average molecular weight is 2210 g/mol.